The van der Waals surface area contributed by atoms with E-state index in [0.717, 1.165) is 25.0 Å². The molecular weight excluding hydrogens is 321 g/mol. The average molecular weight is 334 g/mol. The highest BCUT2D eigenvalue weighted by Crippen LogP contribution is 2.31. The fraction of sp³-hybridized carbons (Fsp3) is 0.267. The predicted molar refractivity (Wildman–Crippen MR) is 82.2 cm³/mol. The van der Waals surface area contributed by atoms with Crippen LogP contribution in [-0.4, -0.2) is 25.9 Å². The molecule has 0 saturated heterocycles. The number of hydrogen-bond acceptors (Lipinski definition) is 5. The monoisotopic (exact) mass is 334 g/mol. The first-order valence-corrected chi connectivity index (χ1v) is 7.42. The lowest BCUT2D eigenvalue weighted by atomic mass is 10.2. The van der Waals surface area contributed by atoms with Gasteiger partial charge in [0.1, 0.15) is 5.82 Å². The van der Waals surface area contributed by atoms with Gasteiger partial charge in [-0.15, -0.1) is 15.3 Å². The van der Waals surface area contributed by atoms with E-state index in [1.807, 2.05) is 0 Å². The molecule has 4 rings (SSSR count). The van der Waals surface area contributed by atoms with E-state index in [9.17, 15) is 13.2 Å². The van der Waals surface area contributed by atoms with Gasteiger partial charge in [0.2, 0.25) is 0 Å². The standard InChI is InChI=1S/C15H13F3N6/c16-15(17,18)9-2-1-3-11(8-9)20-14-22-21-13-7-6-12(23-24(13)14)19-10-4-5-10/h1-3,6-8,10H,4-5H2,(H,19,23)(H,20,22). The van der Waals surface area contributed by atoms with Crippen LogP contribution in [0, 0.1) is 0 Å². The molecule has 0 amide bonds. The van der Waals surface area contributed by atoms with Crippen LogP contribution in [0.15, 0.2) is 36.4 Å². The van der Waals surface area contributed by atoms with Crippen LogP contribution in [0.5, 0.6) is 0 Å². The van der Waals surface area contributed by atoms with Crippen LogP contribution in [0.2, 0.25) is 0 Å². The molecule has 6 nitrogen and oxygen atoms in total. The Morgan fingerprint density at radius 3 is 2.67 bits per heavy atom. The zero-order valence-electron chi connectivity index (χ0n) is 12.4. The number of alkyl halides is 3. The van der Waals surface area contributed by atoms with Gasteiger partial charge in [0.05, 0.1) is 5.56 Å². The van der Waals surface area contributed by atoms with Gasteiger partial charge in [-0.1, -0.05) is 6.07 Å². The second-order valence-corrected chi connectivity index (χ2v) is 5.63. The van der Waals surface area contributed by atoms with Crippen molar-refractivity contribution in [3.05, 3.63) is 42.0 Å². The van der Waals surface area contributed by atoms with E-state index in [1.165, 1.54) is 16.6 Å². The maximum atomic E-state index is 12.8. The van der Waals surface area contributed by atoms with Gasteiger partial charge in [0.25, 0.3) is 5.95 Å². The fourth-order valence-corrected chi connectivity index (χ4v) is 2.28. The first-order valence-electron chi connectivity index (χ1n) is 7.42. The highest BCUT2D eigenvalue weighted by Gasteiger charge is 2.30. The second-order valence-electron chi connectivity index (χ2n) is 5.63. The summed E-state index contributed by atoms with van der Waals surface area (Å²) < 4.78 is 39.9. The van der Waals surface area contributed by atoms with E-state index in [1.54, 1.807) is 12.1 Å². The zero-order valence-corrected chi connectivity index (χ0v) is 12.4. The van der Waals surface area contributed by atoms with E-state index < -0.39 is 11.7 Å². The van der Waals surface area contributed by atoms with E-state index >= 15 is 0 Å². The number of rotatable bonds is 4. The lowest BCUT2D eigenvalue weighted by Gasteiger charge is -2.09. The molecule has 2 aromatic heterocycles. The molecule has 2 heterocycles. The summed E-state index contributed by atoms with van der Waals surface area (Å²) in [6.07, 6.45) is -2.18. The molecular formula is C15H13F3N6. The van der Waals surface area contributed by atoms with Crippen molar-refractivity contribution in [3.8, 4) is 0 Å². The molecule has 0 bridgehead atoms. The van der Waals surface area contributed by atoms with E-state index in [2.05, 4.69) is 25.9 Å². The Morgan fingerprint density at radius 1 is 1.08 bits per heavy atom. The first-order chi connectivity index (χ1) is 11.5. The van der Waals surface area contributed by atoms with Gasteiger partial charge in [0.15, 0.2) is 5.65 Å². The van der Waals surface area contributed by atoms with Gasteiger partial charge in [-0.2, -0.15) is 17.7 Å². The van der Waals surface area contributed by atoms with E-state index in [4.69, 9.17) is 0 Å². The maximum Gasteiger partial charge on any atom is 0.416 e. The fourth-order valence-electron chi connectivity index (χ4n) is 2.28. The molecule has 0 radical (unpaired) electrons. The third-order valence-electron chi connectivity index (χ3n) is 3.64. The zero-order chi connectivity index (χ0) is 16.7. The summed E-state index contributed by atoms with van der Waals surface area (Å²) in [6, 6.07) is 8.89. The number of nitrogens with zero attached hydrogens (tertiary/aromatic N) is 4. The minimum Gasteiger partial charge on any atom is -0.366 e. The quantitative estimate of drug-likeness (QED) is 0.765. The summed E-state index contributed by atoms with van der Waals surface area (Å²) in [5, 5.41) is 18.4. The summed E-state index contributed by atoms with van der Waals surface area (Å²) in [6.45, 7) is 0. The largest absolute Gasteiger partial charge is 0.416 e. The Bertz CT molecular complexity index is 884. The SMILES string of the molecule is FC(F)(F)c1cccc(Nc2nnc3ccc(NC4CC4)nn23)c1. The van der Waals surface area contributed by atoms with Crippen molar-refractivity contribution in [2.45, 2.75) is 25.1 Å². The highest BCUT2D eigenvalue weighted by atomic mass is 19.4. The van der Waals surface area contributed by atoms with Gasteiger partial charge < -0.3 is 10.6 Å². The molecule has 1 saturated carbocycles. The average Bonchev–Trinajstić information content (AvgIpc) is 3.27. The van der Waals surface area contributed by atoms with Gasteiger partial charge >= 0.3 is 6.18 Å². The van der Waals surface area contributed by atoms with Crippen molar-refractivity contribution in [1.82, 2.24) is 19.8 Å². The minimum absolute atomic E-state index is 0.253. The van der Waals surface area contributed by atoms with Crippen molar-refractivity contribution in [2.75, 3.05) is 10.6 Å². The highest BCUT2D eigenvalue weighted by molar-refractivity contribution is 5.58. The van der Waals surface area contributed by atoms with Gasteiger partial charge in [-0.3, -0.25) is 0 Å². The molecule has 0 spiro atoms. The van der Waals surface area contributed by atoms with Gasteiger partial charge in [-0.25, -0.2) is 0 Å². The molecule has 24 heavy (non-hydrogen) atoms. The van der Waals surface area contributed by atoms with Crippen molar-refractivity contribution >= 4 is 23.1 Å². The molecule has 1 fully saturated rings. The Hall–Kier alpha value is -2.84. The Labute approximate surface area is 134 Å². The van der Waals surface area contributed by atoms with Crippen molar-refractivity contribution in [2.24, 2.45) is 0 Å². The summed E-state index contributed by atoms with van der Waals surface area (Å²) in [7, 11) is 0. The first kappa shape index (κ1) is 14.7. The molecule has 3 aromatic rings. The molecule has 9 heteroatoms. The molecule has 0 aliphatic heterocycles. The number of anilines is 3. The smallest absolute Gasteiger partial charge is 0.366 e. The summed E-state index contributed by atoms with van der Waals surface area (Å²) in [5.41, 5.74) is 0.0395. The maximum absolute atomic E-state index is 12.8. The number of hydrogen-bond donors (Lipinski definition) is 2. The summed E-state index contributed by atoms with van der Waals surface area (Å²) in [5.74, 6) is 0.931. The third kappa shape index (κ3) is 2.97. The molecule has 124 valence electrons. The molecule has 2 N–H and O–H groups in total. The van der Waals surface area contributed by atoms with Crippen LogP contribution in [0.25, 0.3) is 5.65 Å². The van der Waals surface area contributed by atoms with Crippen molar-refractivity contribution in [3.63, 3.8) is 0 Å². The van der Waals surface area contributed by atoms with E-state index in [-0.39, 0.29) is 11.6 Å². The lowest BCUT2D eigenvalue weighted by molar-refractivity contribution is -0.137. The lowest BCUT2D eigenvalue weighted by Crippen LogP contribution is -2.08. The Kier molecular flexibility index (Phi) is 3.29. The molecule has 1 aromatic carbocycles. The number of aromatic nitrogens is 4. The Balaban J connectivity index is 1.64. The van der Waals surface area contributed by atoms with Crippen LogP contribution < -0.4 is 10.6 Å². The van der Waals surface area contributed by atoms with Crippen molar-refractivity contribution in [1.29, 1.82) is 0 Å². The molecule has 1 aliphatic rings. The molecule has 0 atom stereocenters. The summed E-state index contributed by atoms with van der Waals surface area (Å²) in [4.78, 5) is 0. The minimum atomic E-state index is -4.40. The molecule has 0 unspecified atom stereocenters. The summed E-state index contributed by atoms with van der Waals surface area (Å²) >= 11 is 0. The number of benzene rings is 1. The number of fused-ring (bicyclic) bond motifs is 1. The van der Waals surface area contributed by atoms with E-state index in [0.29, 0.717) is 17.5 Å². The third-order valence-corrected chi connectivity index (χ3v) is 3.64. The molecule has 1 aliphatic carbocycles. The topological polar surface area (TPSA) is 67.1 Å². The Morgan fingerprint density at radius 2 is 1.92 bits per heavy atom. The van der Waals surface area contributed by atoms with Crippen LogP contribution in [0.3, 0.4) is 0 Å². The van der Waals surface area contributed by atoms with Gasteiger partial charge in [0, 0.05) is 11.7 Å². The number of nitrogens with one attached hydrogen (secondary N) is 2. The normalized spacial score (nSPS) is 14.8. The van der Waals surface area contributed by atoms with Crippen LogP contribution in [0.4, 0.5) is 30.6 Å². The second kappa shape index (κ2) is 5.36. The van der Waals surface area contributed by atoms with Crippen LogP contribution in [-0.2, 0) is 6.18 Å². The predicted octanol–water partition coefficient (Wildman–Crippen LogP) is 3.46. The van der Waals surface area contributed by atoms with Crippen LogP contribution >= 0.6 is 0 Å². The van der Waals surface area contributed by atoms with Gasteiger partial charge in [-0.05, 0) is 43.2 Å². The van der Waals surface area contributed by atoms with Crippen molar-refractivity contribution < 1.29 is 13.2 Å². The number of halogens is 3. The van der Waals surface area contributed by atoms with Crippen LogP contribution in [0.1, 0.15) is 18.4 Å².